The van der Waals surface area contributed by atoms with Gasteiger partial charge < -0.3 is 10.1 Å². The number of aryl methyl sites for hydroxylation is 1. The molecule has 0 bridgehead atoms. The lowest BCUT2D eigenvalue weighted by molar-refractivity contribution is -0.125. The average molecular weight is 344 g/mol. The molecule has 2 amide bonds. The Hall–Kier alpha value is -2.97. The van der Waals surface area contributed by atoms with Crippen LogP contribution >= 0.6 is 0 Å². The number of amides is 2. The fourth-order valence-corrected chi connectivity index (χ4v) is 2.74. The first kappa shape index (κ1) is 16.9. The monoisotopic (exact) mass is 344 g/mol. The van der Waals surface area contributed by atoms with E-state index in [9.17, 15) is 9.59 Å². The van der Waals surface area contributed by atoms with Crippen molar-refractivity contribution in [3.05, 3.63) is 41.7 Å². The standard InChI is InChI=1S/C16H20N6O3/c1-21-14(18-19-20-21)10-17-15(23)13-8-5-9-22(13)16(24)25-11-12-6-3-2-4-7-12/h2-4,6-7,13H,5,8-11H2,1H3,(H,17,23)/t13-/m0/s1. The van der Waals surface area contributed by atoms with Gasteiger partial charge in [-0.15, -0.1) is 5.10 Å². The van der Waals surface area contributed by atoms with E-state index in [4.69, 9.17) is 4.74 Å². The zero-order chi connectivity index (χ0) is 17.6. The quantitative estimate of drug-likeness (QED) is 0.853. The molecule has 2 aromatic rings. The molecule has 0 saturated carbocycles. The highest BCUT2D eigenvalue weighted by atomic mass is 16.6. The van der Waals surface area contributed by atoms with Crippen molar-refractivity contribution in [1.82, 2.24) is 30.4 Å². The third-order valence-corrected chi connectivity index (χ3v) is 4.12. The van der Waals surface area contributed by atoms with Crippen LogP contribution in [0.25, 0.3) is 0 Å². The molecule has 1 aliphatic rings. The number of carbonyl (C=O) groups excluding carboxylic acids is 2. The summed E-state index contributed by atoms with van der Waals surface area (Å²) in [5, 5.41) is 13.8. The summed E-state index contributed by atoms with van der Waals surface area (Å²) in [7, 11) is 1.70. The third kappa shape index (κ3) is 4.11. The Morgan fingerprint density at radius 1 is 1.32 bits per heavy atom. The van der Waals surface area contributed by atoms with Crippen LogP contribution in [0.1, 0.15) is 24.2 Å². The third-order valence-electron chi connectivity index (χ3n) is 4.12. The number of hydrogen-bond acceptors (Lipinski definition) is 6. The average Bonchev–Trinajstić information content (AvgIpc) is 3.27. The van der Waals surface area contributed by atoms with Gasteiger partial charge in [0.25, 0.3) is 0 Å². The van der Waals surface area contributed by atoms with Gasteiger partial charge in [-0.25, -0.2) is 9.48 Å². The summed E-state index contributed by atoms with van der Waals surface area (Å²) in [6.07, 6.45) is 0.912. The minimum atomic E-state index is -0.524. The Kier molecular flexibility index (Phi) is 5.22. The van der Waals surface area contributed by atoms with Crippen molar-refractivity contribution in [3.63, 3.8) is 0 Å². The first-order chi connectivity index (χ1) is 12.1. The minimum absolute atomic E-state index is 0.190. The van der Waals surface area contributed by atoms with Crippen LogP contribution in [0.2, 0.25) is 0 Å². The number of aromatic nitrogens is 4. The Bertz CT molecular complexity index is 732. The molecule has 2 heterocycles. The molecule has 9 heteroatoms. The van der Waals surface area contributed by atoms with Gasteiger partial charge in [0.15, 0.2) is 5.82 Å². The lowest BCUT2D eigenvalue weighted by Gasteiger charge is -2.23. The topological polar surface area (TPSA) is 102 Å². The van der Waals surface area contributed by atoms with Gasteiger partial charge in [-0.3, -0.25) is 9.69 Å². The molecule has 0 aliphatic carbocycles. The Balaban J connectivity index is 1.53. The van der Waals surface area contributed by atoms with Crippen LogP contribution in [0, 0.1) is 0 Å². The number of benzene rings is 1. The number of carbonyl (C=O) groups is 2. The predicted molar refractivity (Wildman–Crippen MR) is 87.0 cm³/mol. The molecular formula is C16H20N6O3. The van der Waals surface area contributed by atoms with E-state index in [1.807, 2.05) is 30.3 Å². The van der Waals surface area contributed by atoms with Gasteiger partial charge in [0, 0.05) is 13.6 Å². The van der Waals surface area contributed by atoms with Crippen molar-refractivity contribution in [2.24, 2.45) is 7.05 Å². The molecule has 1 fully saturated rings. The van der Waals surface area contributed by atoms with Gasteiger partial charge in [-0.05, 0) is 28.8 Å². The van der Waals surface area contributed by atoms with Crippen LogP contribution in [0.15, 0.2) is 30.3 Å². The summed E-state index contributed by atoms with van der Waals surface area (Å²) in [6, 6.07) is 8.92. The Morgan fingerprint density at radius 3 is 2.84 bits per heavy atom. The number of nitrogens with one attached hydrogen (secondary N) is 1. The predicted octanol–water partition coefficient (Wildman–Crippen LogP) is 0.627. The second kappa shape index (κ2) is 7.73. The highest BCUT2D eigenvalue weighted by Crippen LogP contribution is 2.19. The van der Waals surface area contributed by atoms with Gasteiger partial charge in [0.1, 0.15) is 12.6 Å². The zero-order valence-electron chi connectivity index (χ0n) is 14.0. The molecule has 1 N–H and O–H groups in total. The van der Waals surface area contributed by atoms with Crippen molar-refractivity contribution in [1.29, 1.82) is 0 Å². The second-order valence-electron chi connectivity index (χ2n) is 5.83. The molecule has 132 valence electrons. The molecule has 0 radical (unpaired) electrons. The van der Waals surface area contributed by atoms with Gasteiger partial charge in [0.2, 0.25) is 5.91 Å². The van der Waals surface area contributed by atoms with Crippen molar-refractivity contribution < 1.29 is 14.3 Å². The zero-order valence-corrected chi connectivity index (χ0v) is 14.0. The molecule has 1 aromatic carbocycles. The summed E-state index contributed by atoms with van der Waals surface area (Å²) in [5.41, 5.74) is 0.908. The summed E-state index contributed by atoms with van der Waals surface area (Å²) >= 11 is 0. The van der Waals surface area contributed by atoms with Crippen molar-refractivity contribution >= 4 is 12.0 Å². The van der Waals surface area contributed by atoms with Gasteiger partial charge >= 0.3 is 6.09 Å². The largest absolute Gasteiger partial charge is 0.445 e. The SMILES string of the molecule is Cn1nnnc1CNC(=O)[C@@H]1CCCN1C(=O)OCc1ccccc1. The van der Waals surface area contributed by atoms with Crippen molar-refractivity contribution in [2.45, 2.75) is 32.0 Å². The van der Waals surface area contributed by atoms with Crippen LogP contribution in [0.3, 0.4) is 0 Å². The van der Waals surface area contributed by atoms with Crippen molar-refractivity contribution in [3.8, 4) is 0 Å². The molecule has 3 rings (SSSR count). The maximum absolute atomic E-state index is 12.4. The maximum Gasteiger partial charge on any atom is 0.410 e. The van der Waals surface area contributed by atoms with Gasteiger partial charge in [0.05, 0.1) is 6.54 Å². The van der Waals surface area contributed by atoms with Crippen LogP contribution in [-0.2, 0) is 29.7 Å². The van der Waals surface area contributed by atoms with Crippen LogP contribution < -0.4 is 5.32 Å². The fourth-order valence-electron chi connectivity index (χ4n) is 2.74. The van der Waals surface area contributed by atoms with Gasteiger partial charge in [-0.2, -0.15) is 0 Å². The number of rotatable bonds is 5. The van der Waals surface area contributed by atoms with E-state index in [2.05, 4.69) is 20.8 Å². The smallest absolute Gasteiger partial charge is 0.410 e. The number of likely N-dealkylation sites (tertiary alicyclic amines) is 1. The Morgan fingerprint density at radius 2 is 2.12 bits per heavy atom. The van der Waals surface area contributed by atoms with Crippen LogP contribution in [-0.4, -0.2) is 49.7 Å². The second-order valence-corrected chi connectivity index (χ2v) is 5.83. The summed E-state index contributed by atoms with van der Waals surface area (Å²) < 4.78 is 6.82. The lowest BCUT2D eigenvalue weighted by Crippen LogP contribution is -2.46. The van der Waals surface area contributed by atoms with Crippen molar-refractivity contribution in [2.75, 3.05) is 6.54 Å². The molecule has 1 aliphatic heterocycles. The molecule has 1 atom stereocenters. The first-order valence-electron chi connectivity index (χ1n) is 8.11. The maximum atomic E-state index is 12.4. The molecular weight excluding hydrogens is 324 g/mol. The fraction of sp³-hybridized carbons (Fsp3) is 0.438. The van der Waals surface area contributed by atoms with Gasteiger partial charge in [-0.1, -0.05) is 30.3 Å². The number of hydrogen-bond donors (Lipinski definition) is 1. The van der Waals surface area contributed by atoms with Crippen LogP contribution in [0.4, 0.5) is 4.79 Å². The molecule has 1 saturated heterocycles. The molecule has 0 spiro atoms. The number of ether oxygens (including phenoxy) is 1. The van der Waals surface area contributed by atoms with E-state index in [1.54, 1.807) is 7.05 Å². The molecule has 0 unspecified atom stereocenters. The number of nitrogens with zero attached hydrogens (tertiary/aromatic N) is 5. The lowest BCUT2D eigenvalue weighted by atomic mass is 10.2. The number of tetrazole rings is 1. The van der Waals surface area contributed by atoms with Crippen LogP contribution in [0.5, 0.6) is 0 Å². The van der Waals surface area contributed by atoms with E-state index in [1.165, 1.54) is 9.58 Å². The minimum Gasteiger partial charge on any atom is -0.445 e. The summed E-state index contributed by atoms with van der Waals surface area (Å²) in [4.78, 5) is 26.2. The van der Waals surface area contributed by atoms with E-state index in [0.29, 0.717) is 18.8 Å². The Labute approximate surface area is 144 Å². The van der Waals surface area contributed by atoms with E-state index >= 15 is 0 Å². The molecule has 1 aromatic heterocycles. The van der Waals surface area contributed by atoms with E-state index in [0.717, 1.165) is 12.0 Å². The van der Waals surface area contributed by atoms with E-state index < -0.39 is 12.1 Å². The highest BCUT2D eigenvalue weighted by molar-refractivity contribution is 5.86. The summed E-state index contributed by atoms with van der Waals surface area (Å²) in [6.45, 7) is 0.915. The van der Waals surface area contributed by atoms with E-state index in [-0.39, 0.29) is 19.1 Å². The highest BCUT2D eigenvalue weighted by Gasteiger charge is 2.35. The normalized spacial score (nSPS) is 16.7. The first-order valence-corrected chi connectivity index (χ1v) is 8.11. The molecule has 9 nitrogen and oxygen atoms in total. The summed E-state index contributed by atoms with van der Waals surface area (Å²) in [5.74, 6) is 0.321. The molecule has 25 heavy (non-hydrogen) atoms.